The van der Waals surface area contributed by atoms with Crippen LogP contribution in [0.1, 0.15) is 38.2 Å². The Morgan fingerprint density at radius 2 is 2.14 bits per heavy atom. The van der Waals surface area contributed by atoms with Crippen LogP contribution in [0.5, 0.6) is 0 Å². The Hall–Kier alpha value is -1.37. The van der Waals surface area contributed by atoms with Crippen LogP contribution in [0.25, 0.3) is 0 Å². The van der Waals surface area contributed by atoms with Gasteiger partial charge in [-0.25, -0.2) is 0 Å². The lowest BCUT2D eigenvalue weighted by Gasteiger charge is -2.33. The standard InChI is InChI=1S/C18H25N3/c1-2-20-18(14-19,16-6-4-3-5-7-16)10-11-21-13-15-8-9-17(21)12-15/h3-7,15,17,20H,2,8-13H2,1H3. The third-order valence-electron chi connectivity index (χ3n) is 5.23. The van der Waals surface area contributed by atoms with Gasteiger partial charge < -0.3 is 0 Å². The zero-order valence-electron chi connectivity index (χ0n) is 12.9. The molecule has 1 N–H and O–H groups in total. The van der Waals surface area contributed by atoms with Gasteiger partial charge in [-0.15, -0.1) is 0 Å². The lowest BCUT2D eigenvalue weighted by molar-refractivity contribution is 0.192. The molecule has 0 aromatic heterocycles. The maximum absolute atomic E-state index is 9.84. The smallest absolute Gasteiger partial charge is 0.133 e. The Labute approximate surface area is 128 Å². The molecule has 3 unspecified atom stereocenters. The number of nitriles is 1. The molecule has 1 saturated heterocycles. The summed E-state index contributed by atoms with van der Waals surface area (Å²) in [6.07, 6.45) is 5.02. The van der Waals surface area contributed by atoms with Gasteiger partial charge in [0.1, 0.15) is 5.54 Å². The van der Waals surface area contributed by atoms with E-state index in [1.807, 2.05) is 18.2 Å². The Morgan fingerprint density at radius 1 is 1.33 bits per heavy atom. The second kappa shape index (κ2) is 6.17. The first kappa shape index (κ1) is 14.6. The van der Waals surface area contributed by atoms with E-state index in [0.717, 1.165) is 37.0 Å². The molecule has 3 atom stereocenters. The van der Waals surface area contributed by atoms with E-state index in [2.05, 4.69) is 35.3 Å². The molecule has 1 aliphatic heterocycles. The van der Waals surface area contributed by atoms with Crippen LogP contribution in [-0.2, 0) is 5.54 Å². The summed E-state index contributed by atoms with van der Waals surface area (Å²) in [4.78, 5) is 2.61. The van der Waals surface area contributed by atoms with E-state index in [9.17, 15) is 5.26 Å². The van der Waals surface area contributed by atoms with Crippen LogP contribution in [0.15, 0.2) is 30.3 Å². The average Bonchev–Trinajstić information content (AvgIpc) is 3.15. The van der Waals surface area contributed by atoms with Gasteiger partial charge in [-0.05, 0) is 43.7 Å². The van der Waals surface area contributed by atoms with Crippen LogP contribution in [0, 0.1) is 17.2 Å². The highest BCUT2D eigenvalue weighted by atomic mass is 15.2. The first-order valence-electron chi connectivity index (χ1n) is 8.23. The van der Waals surface area contributed by atoms with Crippen molar-refractivity contribution < 1.29 is 0 Å². The minimum atomic E-state index is -0.544. The number of hydrogen-bond donors (Lipinski definition) is 1. The molecule has 1 aromatic rings. The van der Waals surface area contributed by atoms with Crippen LogP contribution in [0.4, 0.5) is 0 Å². The monoisotopic (exact) mass is 283 g/mol. The largest absolute Gasteiger partial charge is 0.300 e. The van der Waals surface area contributed by atoms with Crippen molar-refractivity contribution in [2.45, 2.75) is 44.2 Å². The maximum Gasteiger partial charge on any atom is 0.133 e. The predicted octanol–water partition coefficient (Wildman–Crippen LogP) is 2.89. The second-order valence-corrected chi connectivity index (χ2v) is 6.49. The number of nitrogens with one attached hydrogen (secondary N) is 1. The Balaban J connectivity index is 1.72. The zero-order valence-corrected chi connectivity index (χ0v) is 12.9. The molecule has 1 aliphatic carbocycles. The van der Waals surface area contributed by atoms with Crippen molar-refractivity contribution in [3.8, 4) is 6.07 Å². The van der Waals surface area contributed by atoms with Gasteiger partial charge in [0.25, 0.3) is 0 Å². The van der Waals surface area contributed by atoms with Crippen molar-refractivity contribution in [1.82, 2.24) is 10.2 Å². The van der Waals surface area contributed by atoms with E-state index in [0.29, 0.717) is 0 Å². The molecule has 1 aromatic carbocycles. The summed E-state index contributed by atoms with van der Waals surface area (Å²) < 4.78 is 0. The molecule has 112 valence electrons. The van der Waals surface area contributed by atoms with Gasteiger partial charge in [0.2, 0.25) is 0 Å². The summed E-state index contributed by atoms with van der Waals surface area (Å²) in [5.41, 5.74) is 0.552. The van der Waals surface area contributed by atoms with Crippen molar-refractivity contribution in [3.05, 3.63) is 35.9 Å². The number of fused-ring (bicyclic) bond motifs is 2. The zero-order chi connectivity index (χ0) is 14.7. The minimum absolute atomic E-state index is 0.544. The second-order valence-electron chi connectivity index (χ2n) is 6.49. The molecule has 3 nitrogen and oxygen atoms in total. The summed E-state index contributed by atoms with van der Waals surface area (Å²) in [5, 5.41) is 13.3. The van der Waals surface area contributed by atoms with Crippen LogP contribution in [0.2, 0.25) is 0 Å². The minimum Gasteiger partial charge on any atom is -0.300 e. The molecule has 0 radical (unpaired) electrons. The number of rotatable bonds is 6. The van der Waals surface area contributed by atoms with Crippen molar-refractivity contribution >= 4 is 0 Å². The highest BCUT2D eigenvalue weighted by molar-refractivity contribution is 5.31. The highest BCUT2D eigenvalue weighted by Gasteiger charge is 2.39. The molecule has 3 rings (SSSR count). The molecule has 0 amide bonds. The molecule has 3 heteroatoms. The molecule has 0 spiro atoms. The lowest BCUT2D eigenvalue weighted by atomic mass is 9.87. The van der Waals surface area contributed by atoms with Crippen LogP contribution >= 0.6 is 0 Å². The van der Waals surface area contributed by atoms with Gasteiger partial charge in [0.15, 0.2) is 0 Å². The van der Waals surface area contributed by atoms with E-state index in [1.165, 1.54) is 25.8 Å². The molecule has 2 aliphatic rings. The van der Waals surface area contributed by atoms with Gasteiger partial charge in [0, 0.05) is 19.1 Å². The number of hydrogen-bond acceptors (Lipinski definition) is 3. The normalized spacial score (nSPS) is 27.4. The number of likely N-dealkylation sites (tertiary alicyclic amines) is 1. The maximum atomic E-state index is 9.84. The van der Waals surface area contributed by atoms with Crippen molar-refractivity contribution in [2.24, 2.45) is 5.92 Å². The van der Waals surface area contributed by atoms with E-state index < -0.39 is 5.54 Å². The Bertz CT molecular complexity index is 507. The van der Waals surface area contributed by atoms with Crippen LogP contribution < -0.4 is 5.32 Å². The topological polar surface area (TPSA) is 39.1 Å². The molecule has 2 bridgehead atoms. The Kier molecular flexibility index (Phi) is 4.28. The average molecular weight is 283 g/mol. The molecule has 2 fully saturated rings. The van der Waals surface area contributed by atoms with Gasteiger partial charge in [-0.2, -0.15) is 5.26 Å². The molecule has 1 heterocycles. The fourth-order valence-electron chi connectivity index (χ4n) is 4.13. The fraction of sp³-hybridized carbons (Fsp3) is 0.611. The molecule has 1 saturated carbocycles. The third kappa shape index (κ3) is 2.84. The highest BCUT2D eigenvalue weighted by Crippen LogP contribution is 2.38. The fourth-order valence-corrected chi connectivity index (χ4v) is 4.13. The third-order valence-corrected chi connectivity index (χ3v) is 5.23. The molecular weight excluding hydrogens is 258 g/mol. The SMILES string of the molecule is CCNC(C#N)(CCN1CC2CCC1C2)c1ccccc1. The summed E-state index contributed by atoms with van der Waals surface area (Å²) in [7, 11) is 0. The quantitative estimate of drug-likeness (QED) is 0.872. The predicted molar refractivity (Wildman–Crippen MR) is 84.7 cm³/mol. The number of piperidine rings is 1. The lowest BCUT2D eigenvalue weighted by Crippen LogP contribution is -2.45. The van der Waals surface area contributed by atoms with Crippen LogP contribution in [0.3, 0.4) is 0 Å². The van der Waals surface area contributed by atoms with Crippen LogP contribution in [-0.4, -0.2) is 30.6 Å². The first-order valence-corrected chi connectivity index (χ1v) is 8.23. The first-order chi connectivity index (χ1) is 10.3. The van der Waals surface area contributed by atoms with Crippen molar-refractivity contribution in [2.75, 3.05) is 19.6 Å². The van der Waals surface area contributed by atoms with E-state index in [4.69, 9.17) is 0 Å². The van der Waals surface area contributed by atoms with Crippen molar-refractivity contribution in [1.29, 1.82) is 5.26 Å². The van der Waals surface area contributed by atoms with E-state index >= 15 is 0 Å². The van der Waals surface area contributed by atoms with E-state index in [1.54, 1.807) is 0 Å². The van der Waals surface area contributed by atoms with Gasteiger partial charge in [-0.1, -0.05) is 37.3 Å². The van der Waals surface area contributed by atoms with Crippen molar-refractivity contribution in [3.63, 3.8) is 0 Å². The number of benzene rings is 1. The summed E-state index contributed by atoms with van der Waals surface area (Å²) >= 11 is 0. The van der Waals surface area contributed by atoms with Gasteiger partial charge >= 0.3 is 0 Å². The number of nitrogens with zero attached hydrogens (tertiary/aromatic N) is 2. The summed E-state index contributed by atoms with van der Waals surface area (Å²) in [6, 6.07) is 13.5. The van der Waals surface area contributed by atoms with Gasteiger partial charge in [0.05, 0.1) is 6.07 Å². The molecule has 21 heavy (non-hydrogen) atoms. The van der Waals surface area contributed by atoms with Gasteiger partial charge in [-0.3, -0.25) is 10.2 Å². The summed E-state index contributed by atoms with van der Waals surface area (Å²) in [6.45, 7) is 5.16. The Morgan fingerprint density at radius 3 is 2.71 bits per heavy atom. The summed E-state index contributed by atoms with van der Waals surface area (Å²) in [5.74, 6) is 0.919. The molecular formula is C18H25N3. The van der Waals surface area contributed by atoms with E-state index in [-0.39, 0.29) is 0 Å².